The molecule has 0 atom stereocenters. The number of rotatable bonds is 6. The lowest BCUT2D eigenvalue weighted by Crippen LogP contribution is -2.06. The number of para-hydroxylation sites is 2. The van der Waals surface area contributed by atoms with Crippen molar-refractivity contribution < 1.29 is 0 Å². The first kappa shape index (κ1) is 14.9. The third-order valence-corrected chi connectivity index (χ3v) is 4.74. The monoisotopic (exact) mass is 339 g/mol. The fraction of sp³-hybridized carbons (Fsp3) is 0.250. The van der Waals surface area contributed by atoms with Crippen LogP contribution in [-0.2, 0) is 13.1 Å². The minimum absolute atomic E-state index is 0.833. The fourth-order valence-corrected chi connectivity index (χ4v) is 3.50. The van der Waals surface area contributed by atoms with Gasteiger partial charge in [-0.15, -0.1) is 16.9 Å². The van der Waals surface area contributed by atoms with E-state index in [0.29, 0.717) is 0 Å². The van der Waals surface area contributed by atoms with Crippen LogP contribution in [-0.4, -0.2) is 40.3 Å². The van der Waals surface area contributed by atoms with Gasteiger partial charge in [-0.05, 0) is 19.1 Å². The number of aryl methyl sites for hydroxylation is 2. The maximum absolute atomic E-state index is 4.79. The van der Waals surface area contributed by atoms with Crippen LogP contribution >= 0.6 is 11.8 Å². The summed E-state index contributed by atoms with van der Waals surface area (Å²) in [5.41, 5.74) is 2.14. The Kier molecular flexibility index (Phi) is 4.04. The number of aromatic nitrogens is 7. The van der Waals surface area contributed by atoms with Crippen LogP contribution in [0.3, 0.4) is 0 Å². The third kappa shape index (κ3) is 2.69. The van der Waals surface area contributed by atoms with Crippen LogP contribution in [0.5, 0.6) is 0 Å². The van der Waals surface area contributed by atoms with Crippen LogP contribution in [0.4, 0.5) is 0 Å². The highest BCUT2D eigenvalue weighted by atomic mass is 32.2. The van der Waals surface area contributed by atoms with E-state index in [1.165, 1.54) is 0 Å². The Morgan fingerprint density at radius 2 is 2.12 bits per heavy atom. The minimum Gasteiger partial charge on any atom is -0.328 e. The zero-order valence-corrected chi connectivity index (χ0v) is 14.1. The van der Waals surface area contributed by atoms with Gasteiger partial charge in [-0.25, -0.2) is 9.97 Å². The van der Waals surface area contributed by atoms with Crippen molar-refractivity contribution in [3.63, 3.8) is 0 Å². The van der Waals surface area contributed by atoms with E-state index in [1.54, 1.807) is 18.0 Å². The van der Waals surface area contributed by atoms with Crippen LogP contribution in [0.15, 0.2) is 47.9 Å². The topological polar surface area (TPSA) is 77.2 Å². The second-order valence-corrected chi connectivity index (χ2v) is 6.38. The maximum atomic E-state index is 4.79. The van der Waals surface area contributed by atoms with Gasteiger partial charge in [-0.3, -0.25) is 0 Å². The van der Waals surface area contributed by atoms with Crippen molar-refractivity contribution in [3.05, 3.63) is 42.9 Å². The largest absolute Gasteiger partial charge is 0.328 e. The summed E-state index contributed by atoms with van der Waals surface area (Å²) in [5, 5.41) is 11.4. The molecule has 4 rings (SSSR count). The first-order valence-electron chi connectivity index (χ1n) is 7.82. The number of thioether (sulfide) groups is 1. The molecule has 0 amide bonds. The van der Waals surface area contributed by atoms with E-state index >= 15 is 0 Å². The summed E-state index contributed by atoms with van der Waals surface area (Å²) in [6, 6.07) is 8.20. The highest BCUT2D eigenvalue weighted by Gasteiger charge is 2.15. The molecule has 8 heteroatoms. The van der Waals surface area contributed by atoms with E-state index in [1.807, 2.05) is 30.6 Å². The van der Waals surface area contributed by atoms with E-state index in [0.717, 1.165) is 46.6 Å². The number of benzene rings is 1. The molecule has 0 aliphatic carbocycles. The molecule has 24 heavy (non-hydrogen) atoms. The third-order valence-electron chi connectivity index (χ3n) is 3.86. The van der Waals surface area contributed by atoms with Gasteiger partial charge in [-0.2, -0.15) is 10.3 Å². The van der Waals surface area contributed by atoms with Gasteiger partial charge in [0, 0.05) is 31.2 Å². The van der Waals surface area contributed by atoms with Gasteiger partial charge in [0.1, 0.15) is 5.03 Å². The number of nitrogens with one attached hydrogen (secondary N) is 1. The predicted octanol–water partition coefficient (Wildman–Crippen LogP) is 2.83. The van der Waals surface area contributed by atoms with E-state index in [4.69, 9.17) is 4.98 Å². The van der Waals surface area contributed by atoms with Crippen molar-refractivity contribution in [3.8, 4) is 11.6 Å². The Hall–Kier alpha value is -2.61. The first-order valence-corrected chi connectivity index (χ1v) is 8.80. The fourth-order valence-electron chi connectivity index (χ4n) is 2.77. The number of fused-ring (bicyclic) bond motifs is 1. The molecular weight excluding hydrogens is 322 g/mol. The molecule has 1 N–H and O–H groups in total. The number of hydrogen-bond donors (Lipinski definition) is 1. The Morgan fingerprint density at radius 3 is 2.96 bits per heavy atom. The molecule has 0 aliphatic rings. The van der Waals surface area contributed by atoms with Gasteiger partial charge < -0.3 is 9.13 Å². The van der Waals surface area contributed by atoms with Gasteiger partial charge >= 0.3 is 0 Å². The second-order valence-electron chi connectivity index (χ2n) is 5.27. The summed E-state index contributed by atoms with van der Waals surface area (Å²) in [6.45, 7) is 3.82. The molecule has 3 aromatic heterocycles. The number of nitrogens with zero attached hydrogens (tertiary/aromatic N) is 6. The quantitative estimate of drug-likeness (QED) is 0.547. The molecular formula is C16H17N7S. The molecule has 0 radical (unpaired) electrons. The van der Waals surface area contributed by atoms with Crippen molar-refractivity contribution >= 4 is 22.8 Å². The van der Waals surface area contributed by atoms with Gasteiger partial charge in [0.15, 0.2) is 11.6 Å². The molecule has 4 aromatic rings. The standard InChI is InChI=1S/C16H17N7S/c1-2-23-13-6-4-3-5-12(13)19-16(23)15-17-7-8-22(15)9-10-24-14-11-18-21-20-14/h3-8,11H,2,9-10H2,1H3,(H,18,20,21). The first-order chi connectivity index (χ1) is 11.9. The molecule has 0 aliphatic heterocycles. The summed E-state index contributed by atoms with van der Waals surface area (Å²) in [4.78, 5) is 9.33. The van der Waals surface area contributed by atoms with Crippen LogP contribution in [0.25, 0.3) is 22.7 Å². The van der Waals surface area contributed by atoms with Crippen molar-refractivity contribution in [2.24, 2.45) is 0 Å². The van der Waals surface area contributed by atoms with E-state index in [9.17, 15) is 0 Å². The smallest absolute Gasteiger partial charge is 0.177 e. The van der Waals surface area contributed by atoms with Crippen LogP contribution in [0.1, 0.15) is 6.92 Å². The van der Waals surface area contributed by atoms with Gasteiger partial charge in [0.2, 0.25) is 0 Å². The predicted molar refractivity (Wildman–Crippen MR) is 93.7 cm³/mol. The van der Waals surface area contributed by atoms with Crippen LogP contribution < -0.4 is 0 Å². The number of imidazole rings is 2. The molecule has 0 bridgehead atoms. The number of H-pyrrole nitrogens is 1. The summed E-state index contributed by atoms with van der Waals surface area (Å²) in [5.74, 6) is 2.70. The van der Waals surface area contributed by atoms with Crippen LogP contribution in [0, 0.1) is 0 Å². The highest BCUT2D eigenvalue weighted by Crippen LogP contribution is 2.24. The SMILES string of the molecule is CCn1c(-c2nccn2CCSc2cn[nH]n2)nc2ccccc21. The van der Waals surface area contributed by atoms with E-state index < -0.39 is 0 Å². The van der Waals surface area contributed by atoms with Crippen LogP contribution in [0.2, 0.25) is 0 Å². The normalized spacial score (nSPS) is 11.4. The Bertz CT molecular complexity index is 939. The van der Waals surface area contributed by atoms with Crippen molar-refractivity contribution in [2.45, 2.75) is 25.0 Å². The number of aromatic amines is 1. The molecule has 122 valence electrons. The summed E-state index contributed by atoms with van der Waals surface area (Å²) < 4.78 is 4.35. The molecule has 0 spiro atoms. The maximum Gasteiger partial charge on any atom is 0.177 e. The average molecular weight is 339 g/mol. The zero-order valence-electron chi connectivity index (χ0n) is 13.3. The Balaban J connectivity index is 1.62. The highest BCUT2D eigenvalue weighted by molar-refractivity contribution is 7.99. The zero-order chi connectivity index (χ0) is 16.4. The van der Waals surface area contributed by atoms with Crippen molar-refractivity contribution in [2.75, 3.05) is 5.75 Å². The average Bonchev–Trinajstić information content (AvgIpc) is 3.34. The van der Waals surface area contributed by atoms with E-state index in [2.05, 4.69) is 42.5 Å². The lowest BCUT2D eigenvalue weighted by atomic mass is 10.3. The Labute approximate surface area is 143 Å². The minimum atomic E-state index is 0.833. The molecule has 0 saturated carbocycles. The van der Waals surface area contributed by atoms with Gasteiger partial charge in [-0.1, -0.05) is 12.1 Å². The van der Waals surface area contributed by atoms with Gasteiger partial charge in [0.05, 0.1) is 17.2 Å². The lowest BCUT2D eigenvalue weighted by Gasteiger charge is -2.09. The lowest BCUT2D eigenvalue weighted by molar-refractivity contribution is 0.742. The molecule has 3 heterocycles. The van der Waals surface area contributed by atoms with Gasteiger partial charge in [0.25, 0.3) is 0 Å². The molecule has 0 fully saturated rings. The summed E-state index contributed by atoms with van der Waals surface area (Å²) in [7, 11) is 0. The van der Waals surface area contributed by atoms with Crippen molar-refractivity contribution in [1.82, 2.24) is 34.5 Å². The molecule has 7 nitrogen and oxygen atoms in total. The van der Waals surface area contributed by atoms with Crippen molar-refractivity contribution in [1.29, 1.82) is 0 Å². The van der Waals surface area contributed by atoms with E-state index in [-0.39, 0.29) is 0 Å². The molecule has 0 saturated heterocycles. The molecule has 1 aromatic carbocycles. The second kappa shape index (κ2) is 6.48. The summed E-state index contributed by atoms with van der Waals surface area (Å²) >= 11 is 1.66. The Morgan fingerprint density at radius 1 is 1.21 bits per heavy atom. The summed E-state index contributed by atoms with van der Waals surface area (Å²) in [6.07, 6.45) is 5.56. The number of hydrogen-bond acceptors (Lipinski definition) is 5. The molecule has 0 unspecified atom stereocenters.